The summed E-state index contributed by atoms with van der Waals surface area (Å²) in [5.74, 6) is 3.08. The van der Waals surface area contributed by atoms with Crippen molar-refractivity contribution in [1.29, 1.82) is 0 Å². The molecule has 0 amide bonds. The molecule has 2 rings (SSSR count). The van der Waals surface area contributed by atoms with E-state index in [0.717, 1.165) is 23.9 Å². The second-order valence-electron chi connectivity index (χ2n) is 3.97. The van der Waals surface area contributed by atoms with E-state index < -0.39 is 0 Å². The lowest BCUT2D eigenvalue weighted by molar-refractivity contribution is 0.708. The summed E-state index contributed by atoms with van der Waals surface area (Å²) in [6.45, 7) is 2.83. The van der Waals surface area contributed by atoms with Crippen molar-refractivity contribution in [2.45, 2.75) is 24.5 Å². The van der Waals surface area contributed by atoms with E-state index in [0.29, 0.717) is 0 Å². The molecule has 2 N–H and O–H groups in total. The highest BCUT2D eigenvalue weighted by atomic mass is 32.2. The number of hydrogen-bond acceptors (Lipinski definition) is 5. The molecule has 0 fully saturated rings. The summed E-state index contributed by atoms with van der Waals surface area (Å²) in [5, 5.41) is 0. The van der Waals surface area contributed by atoms with E-state index in [2.05, 4.69) is 14.9 Å². The number of fused-ring (bicyclic) bond motifs is 1. The Bertz CT molecular complexity index is 353. The van der Waals surface area contributed by atoms with Gasteiger partial charge in [-0.3, -0.25) is 0 Å². The molecular weight excluding hydrogens is 208 g/mol. The zero-order valence-electron chi connectivity index (χ0n) is 9.10. The van der Waals surface area contributed by atoms with Crippen LogP contribution >= 0.6 is 11.8 Å². The molecule has 1 aliphatic rings. The van der Waals surface area contributed by atoms with Crippen LogP contribution in [0.4, 0.5) is 5.82 Å². The summed E-state index contributed by atoms with van der Waals surface area (Å²) in [5.41, 5.74) is 8.25. The molecule has 2 heterocycles. The Labute approximate surface area is 94.3 Å². The van der Waals surface area contributed by atoms with Crippen LogP contribution in [0.2, 0.25) is 0 Å². The van der Waals surface area contributed by atoms with Crippen LogP contribution < -0.4 is 10.6 Å². The number of thioether (sulfide) groups is 1. The number of likely N-dealkylation sites (N-methyl/N-ethyl adjacent to an activating group) is 1. The van der Waals surface area contributed by atoms with Crippen LogP contribution in [0.1, 0.15) is 18.2 Å². The van der Waals surface area contributed by atoms with E-state index in [-0.39, 0.29) is 6.04 Å². The largest absolute Gasteiger partial charge is 0.358 e. The minimum Gasteiger partial charge on any atom is -0.358 e. The zero-order valence-corrected chi connectivity index (χ0v) is 9.92. The number of anilines is 1. The van der Waals surface area contributed by atoms with Crippen LogP contribution in [-0.4, -0.2) is 29.6 Å². The van der Waals surface area contributed by atoms with Gasteiger partial charge in [-0.1, -0.05) is 0 Å². The quantitative estimate of drug-likeness (QED) is 0.830. The minimum absolute atomic E-state index is 0.162. The summed E-state index contributed by atoms with van der Waals surface area (Å²) in [6.07, 6.45) is 1.65. The van der Waals surface area contributed by atoms with Crippen molar-refractivity contribution >= 4 is 17.6 Å². The molecule has 0 bridgehead atoms. The number of hydrogen-bond donors (Lipinski definition) is 1. The third-order valence-electron chi connectivity index (χ3n) is 2.42. The number of nitrogens with two attached hydrogens (primary N) is 1. The first-order chi connectivity index (χ1) is 7.18. The maximum absolute atomic E-state index is 5.79. The van der Waals surface area contributed by atoms with Gasteiger partial charge in [0.1, 0.15) is 12.1 Å². The van der Waals surface area contributed by atoms with Crippen LogP contribution in [0.5, 0.6) is 0 Å². The van der Waals surface area contributed by atoms with E-state index >= 15 is 0 Å². The van der Waals surface area contributed by atoms with E-state index in [1.807, 2.05) is 25.7 Å². The summed E-state index contributed by atoms with van der Waals surface area (Å²) >= 11 is 1.89. The van der Waals surface area contributed by atoms with Crippen LogP contribution in [0.3, 0.4) is 0 Å². The summed E-state index contributed by atoms with van der Waals surface area (Å²) in [6, 6.07) is 0.162. The fraction of sp³-hybridized carbons (Fsp3) is 0.600. The summed E-state index contributed by atoms with van der Waals surface area (Å²) < 4.78 is 0. The van der Waals surface area contributed by atoms with Crippen molar-refractivity contribution in [2.75, 3.05) is 18.5 Å². The van der Waals surface area contributed by atoms with E-state index in [4.69, 9.17) is 5.73 Å². The molecule has 0 saturated heterocycles. The van der Waals surface area contributed by atoms with E-state index in [9.17, 15) is 0 Å². The maximum atomic E-state index is 5.79. The molecule has 0 aromatic carbocycles. The van der Waals surface area contributed by atoms with Crippen molar-refractivity contribution in [3.63, 3.8) is 0 Å². The van der Waals surface area contributed by atoms with E-state index in [1.54, 1.807) is 6.33 Å². The first-order valence-electron chi connectivity index (χ1n) is 5.05. The first kappa shape index (κ1) is 10.7. The van der Waals surface area contributed by atoms with Gasteiger partial charge in [0.05, 0.1) is 5.69 Å². The molecule has 1 aromatic heterocycles. The van der Waals surface area contributed by atoms with Gasteiger partial charge in [0.25, 0.3) is 0 Å². The minimum atomic E-state index is 0.162. The fourth-order valence-corrected chi connectivity index (χ4v) is 2.85. The summed E-state index contributed by atoms with van der Waals surface area (Å²) in [4.78, 5) is 10.8. The Morgan fingerprint density at radius 1 is 1.53 bits per heavy atom. The van der Waals surface area contributed by atoms with Gasteiger partial charge in [-0.2, -0.15) is 11.8 Å². The van der Waals surface area contributed by atoms with Crippen molar-refractivity contribution < 1.29 is 0 Å². The molecule has 5 heteroatoms. The predicted octanol–water partition coefficient (Wildman–Crippen LogP) is 1.01. The Kier molecular flexibility index (Phi) is 3.11. The molecule has 0 aliphatic carbocycles. The van der Waals surface area contributed by atoms with Gasteiger partial charge < -0.3 is 10.6 Å². The van der Waals surface area contributed by atoms with Crippen LogP contribution in [0.25, 0.3) is 0 Å². The fourth-order valence-electron chi connectivity index (χ4n) is 1.81. The van der Waals surface area contributed by atoms with Gasteiger partial charge in [-0.15, -0.1) is 0 Å². The lowest BCUT2D eigenvalue weighted by atomic mass is 10.2. The monoisotopic (exact) mass is 224 g/mol. The SMILES string of the molecule is CC(N)CN(C)c1ncnc2c1CSC2. The van der Waals surface area contributed by atoms with Crippen LogP contribution in [0.15, 0.2) is 6.33 Å². The second kappa shape index (κ2) is 4.37. The molecule has 1 atom stereocenters. The average molecular weight is 224 g/mol. The van der Waals surface area contributed by atoms with E-state index in [1.165, 1.54) is 11.3 Å². The van der Waals surface area contributed by atoms with Gasteiger partial charge in [0.2, 0.25) is 0 Å². The molecule has 0 saturated carbocycles. The molecule has 1 aliphatic heterocycles. The molecule has 0 radical (unpaired) electrons. The highest BCUT2D eigenvalue weighted by molar-refractivity contribution is 7.98. The molecule has 1 unspecified atom stereocenters. The second-order valence-corrected chi connectivity index (χ2v) is 4.96. The first-order valence-corrected chi connectivity index (χ1v) is 6.21. The normalized spacial score (nSPS) is 16.2. The maximum Gasteiger partial charge on any atom is 0.136 e. The standard InChI is InChI=1S/C10H16N4S/c1-7(11)3-14(2)10-8-4-15-5-9(8)12-6-13-10/h6-7H,3-5,11H2,1-2H3. The molecule has 4 nitrogen and oxygen atoms in total. The van der Waals surface area contributed by atoms with Gasteiger partial charge in [-0.25, -0.2) is 9.97 Å². The van der Waals surface area contributed by atoms with Crippen LogP contribution in [-0.2, 0) is 11.5 Å². The summed E-state index contributed by atoms with van der Waals surface area (Å²) in [7, 11) is 2.04. The van der Waals surface area contributed by atoms with Gasteiger partial charge >= 0.3 is 0 Å². The lowest BCUT2D eigenvalue weighted by Crippen LogP contribution is -2.33. The topological polar surface area (TPSA) is 55.0 Å². The van der Waals surface area contributed by atoms with Gasteiger partial charge in [-0.05, 0) is 6.92 Å². The third-order valence-corrected chi connectivity index (χ3v) is 3.39. The number of nitrogens with zero attached hydrogens (tertiary/aromatic N) is 3. The third kappa shape index (κ3) is 2.23. The van der Waals surface area contributed by atoms with Crippen molar-refractivity contribution in [2.24, 2.45) is 5.73 Å². The molecule has 1 aromatic rings. The Morgan fingerprint density at radius 3 is 3.07 bits per heavy atom. The predicted molar refractivity (Wildman–Crippen MR) is 64.0 cm³/mol. The van der Waals surface area contributed by atoms with Crippen molar-refractivity contribution in [3.05, 3.63) is 17.6 Å². The van der Waals surface area contributed by atoms with Gasteiger partial charge in [0, 0.05) is 36.7 Å². The molecular formula is C10H16N4S. The average Bonchev–Trinajstić information content (AvgIpc) is 2.63. The van der Waals surface area contributed by atoms with Crippen molar-refractivity contribution in [3.8, 4) is 0 Å². The van der Waals surface area contributed by atoms with Gasteiger partial charge in [0.15, 0.2) is 0 Å². The highest BCUT2D eigenvalue weighted by Crippen LogP contribution is 2.33. The number of aromatic nitrogens is 2. The van der Waals surface area contributed by atoms with Crippen LogP contribution in [0, 0.1) is 0 Å². The molecule has 82 valence electrons. The Morgan fingerprint density at radius 2 is 2.33 bits per heavy atom. The highest BCUT2D eigenvalue weighted by Gasteiger charge is 2.19. The molecule has 15 heavy (non-hydrogen) atoms. The zero-order chi connectivity index (χ0) is 10.8. The number of rotatable bonds is 3. The molecule has 0 spiro atoms. The smallest absolute Gasteiger partial charge is 0.136 e. The van der Waals surface area contributed by atoms with Crippen molar-refractivity contribution in [1.82, 2.24) is 9.97 Å². The Balaban J connectivity index is 2.24. The lowest BCUT2D eigenvalue weighted by Gasteiger charge is -2.22. The Hall–Kier alpha value is -0.810.